The number of nitro benzene ring substituents is 2. The predicted molar refractivity (Wildman–Crippen MR) is 87.4 cm³/mol. The van der Waals surface area contributed by atoms with Crippen molar-refractivity contribution >= 4 is 33.0 Å². The third-order valence-electron chi connectivity index (χ3n) is 3.37. The first-order chi connectivity index (χ1) is 12.6. The number of halogens is 3. The van der Waals surface area contributed by atoms with E-state index in [-0.39, 0.29) is 15.8 Å². The first-order valence-electron chi connectivity index (χ1n) is 6.92. The molecule has 0 unspecified atom stereocenters. The number of nitro groups is 2. The van der Waals surface area contributed by atoms with Gasteiger partial charge in [-0.15, -0.1) is 13.2 Å². The van der Waals surface area contributed by atoms with Gasteiger partial charge in [0, 0.05) is 6.07 Å². The highest BCUT2D eigenvalue weighted by molar-refractivity contribution is 7.14. The van der Waals surface area contributed by atoms with E-state index in [1.165, 1.54) is 0 Å². The average molecular weight is 401 g/mol. The van der Waals surface area contributed by atoms with E-state index in [1.807, 2.05) is 0 Å². The molecule has 0 saturated carbocycles. The van der Waals surface area contributed by atoms with Crippen LogP contribution in [0.1, 0.15) is 0 Å². The van der Waals surface area contributed by atoms with E-state index in [2.05, 4.69) is 4.74 Å². The van der Waals surface area contributed by atoms with E-state index >= 15 is 0 Å². The largest absolute Gasteiger partial charge is 0.573 e. The summed E-state index contributed by atoms with van der Waals surface area (Å²) in [6.07, 6.45) is -4.88. The smallest absolute Gasteiger partial charge is 0.406 e. The summed E-state index contributed by atoms with van der Waals surface area (Å²) in [5, 5.41) is 21.8. The Kier molecular flexibility index (Phi) is 4.31. The maximum absolute atomic E-state index is 12.5. The van der Waals surface area contributed by atoms with Crippen LogP contribution in [-0.2, 0) is 0 Å². The quantitative estimate of drug-likeness (QED) is 0.485. The number of alkyl halides is 3. The second-order valence-corrected chi connectivity index (χ2v) is 6.07. The van der Waals surface area contributed by atoms with E-state index in [1.54, 1.807) is 0 Å². The van der Waals surface area contributed by atoms with Crippen molar-refractivity contribution in [2.45, 2.75) is 6.36 Å². The number of nitrogens with zero attached hydrogens (tertiary/aromatic N) is 3. The zero-order chi connectivity index (χ0) is 19.9. The molecule has 0 spiro atoms. The fraction of sp³-hybridized carbons (Fsp3) is 0.0714. The Balaban J connectivity index is 2.14. The van der Waals surface area contributed by atoms with Crippen LogP contribution < -0.4 is 10.3 Å². The van der Waals surface area contributed by atoms with Gasteiger partial charge in [-0.1, -0.05) is 11.5 Å². The molecule has 0 atom stereocenters. The summed E-state index contributed by atoms with van der Waals surface area (Å²) < 4.78 is 41.3. The molecule has 0 aliphatic heterocycles. The summed E-state index contributed by atoms with van der Waals surface area (Å²) in [4.78, 5) is 32.9. The zero-order valence-electron chi connectivity index (χ0n) is 12.8. The Hall–Kier alpha value is -3.48. The molecule has 0 saturated heterocycles. The number of fused-ring (bicyclic) bond motifs is 1. The minimum absolute atomic E-state index is 0.00322. The number of rotatable bonds is 4. The van der Waals surface area contributed by atoms with E-state index in [0.29, 0.717) is 17.6 Å². The second kappa shape index (κ2) is 6.35. The van der Waals surface area contributed by atoms with E-state index < -0.39 is 38.9 Å². The second-order valence-electron chi connectivity index (χ2n) is 5.08. The minimum Gasteiger partial charge on any atom is -0.406 e. The summed E-state index contributed by atoms with van der Waals surface area (Å²) >= 11 is 0.691. The van der Waals surface area contributed by atoms with Crippen LogP contribution in [0.25, 0.3) is 15.8 Å². The first kappa shape index (κ1) is 18.3. The lowest BCUT2D eigenvalue weighted by Gasteiger charge is -2.09. The summed E-state index contributed by atoms with van der Waals surface area (Å²) in [6.45, 7) is 0. The predicted octanol–water partition coefficient (Wildman–Crippen LogP) is 3.77. The Morgan fingerprint density at radius 1 is 1.04 bits per heavy atom. The normalized spacial score (nSPS) is 11.5. The van der Waals surface area contributed by atoms with Gasteiger partial charge in [-0.3, -0.25) is 25.0 Å². The summed E-state index contributed by atoms with van der Waals surface area (Å²) in [6, 6.07) is 5.94. The molecule has 9 nitrogen and oxygen atoms in total. The highest BCUT2D eigenvalue weighted by atomic mass is 32.1. The molecule has 0 N–H and O–H groups in total. The van der Waals surface area contributed by atoms with Crippen LogP contribution in [0.2, 0.25) is 0 Å². The number of non-ortho nitro benzene ring substituents is 2. The van der Waals surface area contributed by atoms with Gasteiger partial charge in [0.25, 0.3) is 16.9 Å². The van der Waals surface area contributed by atoms with Crippen molar-refractivity contribution in [1.29, 1.82) is 0 Å². The monoisotopic (exact) mass is 401 g/mol. The number of benzene rings is 2. The Morgan fingerprint density at radius 2 is 1.67 bits per heavy atom. The van der Waals surface area contributed by atoms with Crippen LogP contribution in [0.5, 0.6) is 5.75 Å². The number of ether oxygens (including phenoxy) is 1. The lowest BCUT2D eigenvalue weighted by atomic mass is 10.2. The van der Waals surface area contributed by atoms with Gasteiger partial charge < -0.3 is 4.74 Å². The van der Waals surface area contributed by atoms with Gasteiger partial charge in [0.1, 0.15) is 11.1 Å². The maximum Gasteiger partial charge on any atom is 0.573 e. The molecule has 1 aromatic heterocycles. The highest BCUT2D eigenvalue weighted by Crippen LogP contribution is 2.33. The average Bonchev–Trinajstić information content (AvgIpc) is 2.90. The van der Waals surface area contributed by atoms with Gasteiger partial charge in [-0.25, -0.2) is 3.96 Å². The van der Waals surface area contributed by atoms with Crippen molar-refractivity contribution < 1.29 is 27.8 Å². The van der Waals surface area contributed by atoms with Gasteiger partial charge in [0.15, 0.2) is 0 Å². The fourth-order valence-electron chi connectivity index (χ4n) is 2.32. The molecular weight excluding hydrogens is 395 g/mol. The molecule has 0 radical (unpaired) electrons. The molecular formula is C14H6F3N3O6S. The summed E-state index contributed by atoms with van der Waals surface area (Å²) in [7, 11) is 0. The SMILES string of the molecule is O=c1c2c([N+](=O)[O-])cc([N+](=O)[O-])cc2sn1-c1ccc(OC(F)(F)F)cc1. The van der Waals surface area contributed by atoms with Crippen molar-refractivity contribution in [2.75, 3.05) is 0 Å². The van der Waals surface area contributed by atoms with Crippen molar-refractivity contribution in [1.82, 2.24) is 3.96 Å². The molecule has 1 heterocycles. The van der Waals surface area contributed by atoms with Crippen molar-refractivity contribution in [3.05, 3.63) is 67.0 Å². The first-order valence-corrected chi connectivity index (χ1v) is 7.69. The number of hydrogen-bond acceptors (Lipinski definition) is 7. The van der Waals surface area contributed by atoms with Crippen molar-refractivity contribution in [2.24, 2.45) is 0 Å². The van der Waals surface area contributed by atoms with Crippen LogP contribution in [-0.4, -0.2) is 20.2 Å². The Morgan fingerprint density at radius 3 is 2.19 bits per heavy atom. The van der Waals surface area contributed by atoms with Gasteiger partial charge in [-0.2, -0.15) is 0 Å². The number of hydrogen-bond donors (Lipinski definition) is 0. The molecule has 0 amide bonds. The Bertz CT molecular complexity index is 1120. The minimum atomic E-state index is -4.88. The molecule has 3 rings (SSSR count). The third-order valence-corrected chi connectivity index (χ3v) is 4.44. The van der Waals surface area contributed by atoms with Crippen LogP contribution in [0.3, 0.4) is 0 Å². The van der Waals surface area contributed by atoms with Crippen LogP contribution >= 0.6 is 11.5 Å². The summed E-state index contributed by atoms with van der Waals surface area (Å²) in [5.41, 5.74) is -1.98. The van der Waals surface area contributed by atoms with E-state index in [9.17, 15) is 38.2 Å². The van der Waals surface area contributed by atoms with E-state index in [4.69, 9.17) is 0 Å². The van der Waals surface area contributed by atoms with Crippen LogP contribution in [0.4, 0.5) is 24.5 Å². The molecule has 3 aromatic rings. The highest BCUT2D eigenvalue weighted by Gasteiger charge is 2.31. The molecule has 140 valence electrons. The maximum atomic E-state index is 12.5. The lowest BCUT2D eigenvalue weighted by Crippen LogP contribution is -2.17. The third kappa shape index (κ3) is 3.57. The van der Waals surface area contributed by atoms with Crippen LogP contribution in [0.15, 0.2) is 41.2 Å². The molecule has 2 aromatic carbocycles. The van der Waals surface area contributed by atoms with Gasteiger partial charge in [-0.05, 0) is 24.3 Å². The molecule has 0 bridgehead atoms. The van der Waals surface area contributed by atoms with Crippen LogP contribution in [0, 0.1) is 20.2 Å². The van der Waals surface area contributed by atoms with Gasteiger partial charge >= 0.3 is 6.36 Å². The Labute approximate surface area is 150 Å². The van der Waals surface area contributed by atoms with Crippen molar-refractivity contribution in [3.63, 3.8) is 0 Å². The molecule has 0 fully saturated rings. The van der Waals surface area contributed by atoms with Gasteiger partial charge in [0.05, 0.1) is 26.3 Å². The topological polar surface area (TPSA) is 118 Å². The molecule has 0 aliphatic carbocycles. The van der Waals surface area contributed by atoms with E-state index in [0.717, 1.165) is 34.3 Å². The number of aromatic nitrogens is 1. The van der Waals surface area contributed by atoms with Crippen molar-refractivity contribution in [3.8, 4) is 11.4 Å². The summed E-state index contributed by atoms with van der Waals surface area (Å²) in [5.74, 6) is -0.512. The fourth-order valence-corrected chi connectivity index (χ4v) is 3.37. The zero-order valence-corrected chi connectivity index (χ0v) is 13.6. The molecule has 13 heteroatoms. The van der Waals surface area contributed by atoms with Gasteiger partial charge in [0.2, 0.25) is 0 Å². The standard InChI is InChI=1S/C14H6F3N3O6S/c15-14(16,17)26-9-3-1-7(2-4-9)18-13(21)12-10(20(24)25)5-8(19(22)23)6-11(12)27-18/h1-6H. The molecule has 27 heavy (non-hydrogen) atoms. The molecule has 0 aliphatic rings. The lowest BCUT2D eigenvalue weighted by molar-refractivity contribution is -0.393.